The first-order valence-electron chi connectivity index (χ1n) is 11.3. The fourth-order valence-corrected chi connectivity index (χ4v) is 4.01. The molecule has 0 bridgehead atoms. The van der Waals surface area contributed by atoms with Crippen molar-refractivity contribution in [3.63, 3.8) is 0 Å². The highest BCUT2D eigenvalue weighted by Gasteiger charge is 2.19. The van der Waals surface area contributed by atoms with Crippen molar-refractivity contribution in [2.24, 2.45) is 0 Å². The van der Waals surface area contributed by atoms with E-state index in [4.69, 9.17) is 42.1 Å². The first-order valence-corrected chi connectivity index (χ1v) is 12.0. The smallest absolute Gasteiger partial charge is 0.407 e. The molecular formula is C25H30Cl2N4O5. The van der Waals surface area contributed by atoms with Crippen LogP contribution < -0.4 is 20.1 Å². The molecule has 0 aliphatic rings. The zero-order valence-electron chi connectivity index (χ0n) is 20.9. The summed E-state index contributed by atoms with van der Waals surface area (Å²) in [5.41, 5.74) is 1.61. The van der Waals surface area contributed by atoms with Crippen LogP contribution in [0.1, 0.15) is 20.8 Å². The van der Waals surface area contributed by atoms with Crippen molar-refractivity contribution in [3.8, 4) is 22.6 Å². The molecule has 0 fully saturated rings. The number of aromatic nitrogens is 2. The molecule has 0 saturated heterocycles. The second-order valence-corrected chi connectivity index (χ2v) is 9.48. The molecule has 3 aromatic rings. The van der Waals surface area contributed by atoms with Crippen LogP contribution >= 0.6 is 23.2 Å². The summed E-state index contributed by atoms with van der Waals surface area (Å²) in [5.74, 6) is 1.41. The Labute approximate surface area is 220 Å². The summed E-state index contributed by atoms with van der Waals surface area (Å²) in [4.78, 5) is 20.5. The van der Waals surface area contributed by atoms with Crippen molar-refractivity contribution in [2.75, 3.05) is 45.8 Å². The minimum Gasteiger partial charge on any atom is -0.495 e. The minimum atomic E-state index is -0.529. The van der Waals surface area contributed by atoms with E-state index in [2.05, 4.69) is 20.6 Å². The van der Waals surface area contributed by atoms with Crippen LogP contribution in [0.25, 0.3) is 22.0 Å². The number of hydrogen-bond acceptors (Lipinski definition) is 8. The van der Waals surface area contributed by atoms with Crippen LogP contribution in [-0.4, -0.2) is 62.2 Å². The van der Waals surface area contributed by atoms with Crippen molar-refractivity contribution < 1.29 is 23.7 Å². The number of halogens is 2. The van der Waals surface area contributed by atoms with Crippen molar-refractivity contribution >= 4 is 46.1 Å². The second-order valence-electron chi connectivity index (χ2n) is 8.72. The Hall–Kier alpha value is -3.01. The zero-order valence-corrected chi connectivity index (χ0v) is 22.4. The largest absolute Gasteiger partial charge is 0.495 e. The molecule has 0 unspecified atom stereocenters. The average Bonchev–Trinajstić information content (AvgIpc) is 2.82. The van der Waals surface area contributed by atoms with Gasteiger partial charge in [0.15, 0.2) is 0 Å². The van der Waals surface area contributed by atoms with Gasteiger partial charge in [0.2, 0.25) is 5.95 Å². The van der Waals surface area contributed by atoms with Gasteiger partial charge >= 0.3 is 6.09 Å². The van der Waals surface area contributed by atoms with Gasteiger partial charge in [-0.3, -0.25) is 0 Å². The van der Waals surface area contributed by atoms with Crippen LogP contribution in [0, 0.1) is 0 Å². The SMILES string of the molecule is COc1cc(OC)c(Cl)c(-c2ccc3nc(NCCOCCNC(=O)OC(C)(C)C)ncc3c2)c1Cl. The van der Waals surface area contributed by atoms with E-state index in [-0.39, 0.29) is 0 Å². The molecule has 0 aliphatic carbocycles. The summed E-state index contributed by atoms with van der Waals surface area (Å²) in [6, 6.07) is 7.31. The Bertz CT molecular complexity index is 1190. The molecule has 2 N–H and O–H groups in total. The van der Waals surface area contributed by atoms with E-state index in [9.17, 15) is 4.79 Å². The molecule has 0 aliphatic heterocycles. The predicted molar refractivity (Wildman–Crippen MR) is 142 cm³/mol. The number of alkyl carbamates (subject to hydrolysis) is 1. The maximum absolute atomic E-state index is 11.6. The third-order valence-corrected chi connectivity index (χ3v) is 5.64. The van der Waals surface area contributed by atoms with Crippen LogP contribution in [-0.2, 0) is 9.47 Å². The molecule has 194 valence electrons. The number of methoxy groups -OCH3 is 2. The monoisotopic (exact) mass is 536 g/mol. The highest BCUT2D eigenvalue weighted by molar-refractivity contribution is 6.41. The molecule has 0 atom stereocenters. The predicted octanol–water partition coefficient (Wildman–Crippen LogP) is 5.57. The lowest BCUT2D eigenvalue weighted by Gasteiger charge is -2.19. The summed E-state index contributed by atoms with van der Waals surface area (Å²) in [5, 5.41) is 7.37. The van der Waals surface area contributed by atoms with Gasteiger partial charge in [-0.2, -0.15) is 0 Å². The first-order chi connectivity index (χ1) is 17.1. The summed E-state index contributed by atoms with van der Waals surface area (Å²) in [6.07, 6.45) is 1.26. The quantitative estimate of drug-likeness (QED) is 0.324. The van der Waals surface area contributed by atoms with E-state index < -0.39 is 11.7 Å². The van der Waals surface area contributed by atoms with Gasteiger partial charge in [-0.25, -0.2) is 14.8 Å². The van der Waals surface area contributed by atoms with Crippen LogP contribution in [0.4, 0.5) is 10.7 Å². The third kappa shape index (κ3) is 7.25. The molecule has 0 spiro atoms. The number of nitrogens with zero attached hydrogens (tertiary/aromatic N) is 2. The molecule has 0 radical (unpaired) electrons. The van der Waals surface area contributed by atoms with Gasteiger partial charge in [0.1, 0.15) is 17.1 Å². The maximum Gasteiger partial charge on any atom is 0.407 e. The summed E-state index contributed by atoms with van der Waals surface area (Å²) in [6.45, 7) is 7.08. The number of rotatable bonds is 10. The molecule has 1 heterocycles. The van der Waals surface area contributed by atoms with Crippen LogP contribution in [0.5, 0.6) is 11.5 Å². The van der Waals surface area contributed by atoms with Gasteiger partial charge in [0.25, 0.3) is 0 Å². The average molecular weight is 537 g/mol. The number of carbonyl (C=O) groups excluding carboxylic acids is 1. The van der Waals surface area contributed by atoms with E-state index in [0.717, 1.165) is 16.5 Å². The van der Waals surface area contributed by atoms with Gasteiger partial charge in [-0.15, -0.1) is 0 Å². The minimum absolute atomic E-state index is 0.358. The number of benzene rings is 2. The van der Waals surface area contributed by atoms with Gasteiger partial charge in [-0.1, -0.05) is 29.3 Å². The standard InChI is InChI=1S/C25H30Cl2N4O5/c1-25(2,3)36-24(32)29-9-11-35-10-8-28-23-30-14-16-12-15(6-7-17(16)31-23)20-21(26)18(33-4)13-19(34-5)22(20)27/h6-7,12-14H,8-11H2,1-5H3,(H,29,32)(H,28,30,31). The number of hydrogen-bond donors (Lipinski definition) is 2. The lowest BCUT2D eigenvalue weighted by molar-refractivity contribution is 0.0502. The molecule has 1 amide bonds. The Morgan fingerprint density at radius 3 is 2.31 bits per heavy atom. The van der Waals surface area contributed by atoms with Gasteiger partial charge < -0.3 is 29.6 Å². The zero-order chi connectivity index (χ0) is 26.3. The van der Waals surface area contributed by atoms with Crippen molar-refractivity contribution in [3.05, 3.63) is 40.5 Å². The number of nitrogens with one attached hydrogen (secondary N) is 2. The molecular weight excluding hydrogens is 507 g/mol. The Morgan fingerprint density at radius 2 is 1.67 bits per heavy atom. The molecule has 9 nitrogen and oxygen atoms in total. The maximum atomic E-state index is 11.6. The fourth-order valence-electron chi connectivity index (χ4n) is 3.29. The molecule has 2 aromatic carbocycles. The molecule has 1 aromatic heterocycles. The van der Waals surface area contributed by atoms with E-state index >= 15 is 0 Å². The number of ether oxygens (including phenoxy) is 4. The normalized spacial score (nSPS) is 11.3. The highest BCUT2D eigenvalue weighted by Crippen LogP contribution is 2.46. The van der Waals surface area contributed by atoms with E-state index in [0.29, 0.717) is 59.4 Å². The number of carbonyl (C=O) groups is 1. The fraction of sp³-hybridized carbons (Fsp3) is 0.400. The summed E-state index contributed by atoms with van der Waals surface area (Å²) < 4.78 is 21.4. The third-order valence-electron chi connectivity index (χ3n) is 4.89. The van der Waals surface area contributed by atoms with Gasteiger partial charge in [-0.05, 0) is 38.5 Å². The Morgan fingerprint density at radius 1 is 1.00 bits per heavy atom. The van der Waals surface area contributed by atoms with Crippen LogP contribution in [0.2, 0.25) is 10.0 Å². The topological polar surface area (TPSA) is 104 Å². The lowest BCUT2D eigenvalue weighted by atomic mass is 10.0. The summed E-state index contributed by atoms with van der Waals surface area (Å²) >= 11 is 13.1. The van der Waals surface area contributed by atoms with E-state index in [1.54, 1.807) is 12.3 Å². The Balaban J connectivity index is 1.57. The molecule has 11 heteroatoms. The lowest BCUT2D eigenvalue weighted by Crippen LogP contribution is -2.34. The van der Waals surface area contributed by atoms with Gasteiger partial charge in [0, 0.05) is 36.3 Å². The number of fused-ring (bicyclic) bond motifs is 1. The second kappa shape index (κ2) is 12.3. The van der Waals surface area contributed by atoms with Crippen LogP contribution in [0.15, 0.2) is 30.5 Å². The number of anilines is 1. The van der Waals surface area contributed by atoms with E-state index in [1.165, 1.54) is 14.2 Å². The van der Waals surface area contributed by atoms with Crippen LogP contribution in [0.3, 0.4) is 0 Å². The molecule has 3 rings (SSSR count). The van der Waals surface area contributed by atoms with Crippen molar-refractivity contribution in [1.82, 2.24) is 15.3 Å². The summed E-state index contributed by atoms with van der Waals surface area (Å²) in [7, 11) is 3.07. The molecule has 36 heavy (non-hydrogen) atoms. The first kappa shape index (κ1) is 27.6. The molecule has 0 saturated carbocycles. The van der Waals surface area contributed by atoms with E-state index in [1.807, 2.05) is 39.0 Å². The van der Waals surface area contributed by atoms with Gasteiger partial charge in [0.05, 0.1) is 43.0 Å². The van der Waals surface area contributed by atoms with Crippen molar-refractivity contribution in [2.45, 2.75) is 26.4 Å². The highest BCUT2D eigenvalue weighted by atomic mass is 35.5. The van der Waals surface area contributed by atoms with Crippen molar-refractivity contribution in [1.29, 1.82) is 0 Å². The number of amides is 1. The Kier molecular flexibility index (Phi) is 9.42.